The van der Waals surface area contributed by atoms with Crippen molar-refractivity contribution in [2.24, 2.45) is 0 Å². The first-order valence-electron chi connectivity index (χ1n) is 13.2. The Bertz CT molecular complexity index is 1730. The maximum atomic E-state index is 15.9. The minimum atomic E-state index is -4.16. The Morgan fingerprint density at radius 2 is 1.58 bits per heavy atom. The molecule has 5 rings (SSSR count). The first kappa shape index (κ1) is 29.4. The van der Waals surface area contributed by atoms with Crippen LogP contribution < -0.4 is 4.74 Å². The van der Waals surface area contributed by atoms with Crippen LogP contribution in [0.3, 0.4) is 0 Å². The van der Waals surface area contributed by atoms with Crippen molar-refractivity contribution in [2.75, 3.05) is 0 Å². The predicted octanol–water partition coefficient (Wildman–Crippen LogP) is 5.57. The Labute approximate surface area is 244 Å². The van der Waals surface area contributed by atoms with Gasteiger partial charge in [-0.3, -0.25) is 4.98 Å². The molecular formula is C32H25F4N5O2. The van der Waals surface area contributed by atoms with Crippen LogP contribution in [-0.2, 0) is 31.1 Å². The number of hydrogen-bond donors (Lipinski definition) is 1. The van der Waals surface area contributed by atoms with Crippen LogP contribution in [0, 0.1) is 23.5 Å². The van der Waals surface area contributed by atoms with Gasteiger partial charge in [-0.25, -0.2) is 13.5 Å². The van der Waals surface area contributed by atoms with Gasteiger partial charge in [0.1, 0.15) is 36.0 Å². The highest BCUT2D eigenvalue weighted by atomic mass is 19.3. The molecule has 3 aromatic carbocycles. The molecule has 0 spiro atoms. The summed E-state index contributed by atoms with van der Waals surface area (Å²) in [6.45, 7) is 1.59. The number of pyridine rings is 1. The van der Waals surface area contributed by atoms with Crippen molar-refractivity contribution in [3.63, 3.8) is 0 Å². The summed E-state index contributed by atoms with van der Waals surface area (Å²) in [6.07, 6.45) is 3.08. The number of rotatable bonds is 9. The molecule has 2 aromatic heterocycles. The van der Waals surface area contributed by atoms with Gasteiger partial charge in [0, 0.05) is 29.0 Å². The summed E-state index contributed by atoms with van der Waals surface area (Å²) in [4.78, 5) is 3.82. The summed E-state index contributed by atoms with van der Waals surface area (Å²) in [5.41, 5.74) is -1.62. The third-order valence-electron chi connectivity index (χ3n) is 6.81. The molecule has 1 atom stereocenters. The number of aromatic nitrogens is 5. The van der Waals surface area contributed by atoms with Crippen LogP contribution in [-0.4, -0.2) is 30.3 Å². The second kappa shape index (κ2) is 12.4. The summed E-state index contributed by atoms with van der Waals surface area (Å²) in [5.74, 6) is -0.0406. The van der Waals surface area contributed by atoms with E-state index in [-0.39, 0.29) is 0 Å². The summed E-state index contributed by atoms with van der Waals surface area (Å²) in [5, 5.41) is 21.5. The molecule has 7 nitrogen and oxygen atoms in total. The summed E-state index contributed by atoms with van der Waals surface area (Å²) >= 11 is 0. The van der Waals surface area contributed by atoms with Gasteiger partial charge < -0.3 is 9.84 Å². The van der Waals surface area contributed by atoms with Gasteiger partial charge in [0.05, 0.1) is 6.54 Å². The van der Waals surface area contributed by atoms with E-state index in [0.717, 1.165) is 47.4 Å². The molecule has 1 N–H and O–H groups in total. The van der Waals surface area contributed by atoms with Crippen LogP contribution >= 0.6 is 0 Å². The quantitative estimate of drug-likeness (QED) is 0.179. The third kappa shape index (κ3) is 6.55. The average Bonchev–Trinajstić information content (AvgIpc) is 3.52. The van der Waals surface area contributed by atoms with E-state index in [1.165, 1.54) is 11.6 Å². The smallest absolute Gasteiger partial charge is 0.323 e. The Kier molecular flexibility index (Phi) is 8.50. The minimum Gasteiger partial charge on any atom is -0.489 e. The molecule has 0 aliphatic heterocycles. The first-order valence-corrected chi connectivity index (χ1v) is 13.2. The fourth-order valence-corrected chi connectivity index (χ4v) is 4.35. The van der Waals surface area contributed by atoms with E-state index in [1.807, 2.05) is 12.1 Å². The van der Waals surface area contributed by atoms with Crippen molar-refractivity contribution in [1.29, 1.82) is 0 Å². The molecule has 0 saturated carbocycles. The minimum absolute atomic E-state index is 0.326. The molecular weight excluding hydrogens is 562 g/mol. The van der Waals surface area contributed by atoms with Gasteiger partial charge in [-0.05, 0) is 76.5 Å². The lowest BCUT2D eigenvalue weighted by Gasteiger charge is -2.35. The van der Waals surface area contributed by atoms with Crippen molar-refractivity contribution in [3.8, 4) is 17.6 Å². The van der Waals surface area contributed by atoms with E-state index in [1.54, 1.807) is 24.3 Å². The maximum Gasteiger partial charge on any atom is 0.323 e. The number of aliphatic hydroxyl groups is 1. The number of aryl methyl sites for hydroxylation is 1. The molecule has 0 aliphatic carbocycles. The highest BCUT2D eigenvalue weighted by molar-refractivity contribution is 5.44. The number of alkyl halides is 2. The fraction of sp³-hybridized carbons (Fsp3) is 0.188. The molecule has 218 valence electrons. The number of halogens is 4. The van der Waals surface area contributed by atoms with Gasteiger partial charge >= 0.3 is 5.92 Å². The molecule has 2 heterocycles. The van der Waals surface area contributed by atoms with Crippen molar-refractivity contribution in [2.45, 2.75) is 38.0 Å². The molecule has 0 radical (unpaired) electrons. The Hall–Kier alpha value is -5.08. The van der Waals surface area contributed by atoms with Gasteiger partial charge in [0.25, 0.3) is 0 Å². The maximum absolute atomic E-state index is 15.9. The fourth-order valence-electron chi connectivity index (χ4n) is 4.35. The summed E-state index contributed by atoms with van der Waals surface area (Å²) in [6, 6.07) is 19.5. The molecule has 0 bridgehead atoms. The van der Waals surface area contributed by atoms with Crippen molar-refractivity contribution in [3.05, 3.63) is 137 Å². The lowest BCUT2D eigenvalue weighted by molar-refractivity contribution is -0.207. The predicted molar refractivity (Wildman–Crippen MR) is 149 cm³/mol. The largest absolute Gasteiger partial charge is 0.489 e. The van der Waals surface area contributed by atoms with Gasteiger partial charge in [0.2, 0.25) is 0 Å². The van der Waals surface area contributed by atoms with Crippen LogP contribution in [0.15, 0.2) is 91.4 Å². The third-order valence-corrected chi connectivity index (χ3v) is 6.81. The number of benzene rings is 3. The first-order chi connectivity index (χ1) is 20.7. The summed E-state index contributed by atoms with van der Waals surface area (Å²) < 4.78 is 66.6. The molecule has 0 amide bonds. The second-order valence-electron chi connectivity index (χ2n) is 9.73. The standard InChI is InChI=1S/C32H25F4N5O2/c1-2-22-3-7-25(8-4-22)19-43-27-13-9-23(10-14-27)5-6-24-11-16-30(37-18-24)32(35,36)31(42,20-41-21-38-39-40-41)28-15-12-26(33)17-29(28)34/h3-4,7-18,21,42H,2,19-20H2,1H3. The zero-order chi connectivity index (χ0) is 30.5. The normalized spacial score (nSPS) is 12.7. The Morgan fingerprint density at radius 1 is 0.884 bits per heavy atom. The molecule has 0 saturated heterocycles. The molecule has 11 heteroatoms. The van der Waals surface area contributed by atoms with Crippen molar-refractivity contribution < 1.29 is 27.4 Å². The lowest BCUT2D eigenvalue weighted by Crippen LogP contribution is -2.48. The van der Waals surface area contributed by atoms with Gasteiger partial charge in [-0.2, -0.15) is 8.78 Å². The topological polar surface area (TPSA) is 86.0 Å². The van der Waals surface area contributed by atoms with E-state index in [2.05, 4.69) is 51.4 Å². The molecule has 43 heavy (non-hydrogen) atoms. The van der Waals surface area contributed by atoms with E-state index in [0.29, 0.717) is 29.5 Å². The van der Waals surface area contributed by atoms with Crippen LogP contribution in [0.2, 0.25) is 0 Å². The highest BCUT2D eigenvalue weighted by Crippen LogP contribution is 2.46. The molecule has 1 unspecified atom stereocenters. The lowest BCUT2D eigenvalue weighted by atomic mass is 9.84. The van der Waals surface area contributed by atoms with E-state index >= 15 is 8.78 Å². The Balaban J connectivity index is 1.31. The van der Waals surface area contributed by atoms with Crippen LogP contribution in [0.5, 0.6) is 5.75 Å². The number of ether oxygens (including phenoxy) is 1. The molecule has 0 fully saturated rings. The van der Waals surface area contributed by atoms with Crippen LogP contribution in [0.1, 0.15) is 40.4 Å². The zero-order valence-corrected chi connectivity index (χ0v) is 22.9. The van der Waals surface area contributed by atoms with Crippen LogP contribution in [0.25, 0.3) is 0 Å². The SMILES string of the molecule is CCc1ccc(COc2ccc(C#Cc3ccc(C(F)(F)C(O)(Cn4cnnn4)c4ccc(F)cc4F)nc3)cc2)cc1. The summed E-state index contributed by atoms with van der Waals surface area (Å²) in [7, 11) is 0. The molecule has 0 aliphatic rings. The van der Waals surface area contributed by atoms with Crippen LogP contribution in [0.4, 0.5) is 17.6 Å². The Morgan fingerprint density at radius 3 is 2.21 bits per heavy atom. The number of nitrogens with zero attached hydrogens (tertiary/aromatic N) is 5. The van der Waals surface area contributed by atoms with Crippen molar-refractivity contribution >= 4 is 0 Å². The van der Waals surface area contributed by atoms with E-state index in [4.69, 9.17) is 4.74 Å². The molecule has 5 aromatic rings. The number of tetrazole rings is 1. The van der Waals surface area contributed by atoms with E-state index < -0.39 is 41.0 Å². The van der Waals surface area contributed by atoms with Crippen molar-refractivity contribution in [1.82, 2.24) is 25.2 Å². The average molecular weight is 588 g/mol. The van der Waals surface area contributed by atoms with E-state index in [9.17, 15) is 13.9 Å². The zero-order valence-electron chi connectivity index (χ0n) is 22.9. The van der Waals surface area contributed by atoms with Gasteiger partial charge in [0.15, 0.2) is 5.60 Å². The number of hydrogen-bond acceptors (Lipinski definition) is 6. The monoisotopic (exact) mass is 587 g/mol. The highest BCUT2D eigenvalue weighted by Gasteiger charge is 2.58. The van der Waals surface area contributed by atoms with Gasteiger partial charge in [-0.1, -0.05) is 43.0 Å². The van der Waals surface area contributed by atoms with Gasteiger partial charge in [-0.15, -0.1) is 5.10 Å². The second-order valence-corrected chi connectivity index (χ2v) is 9.73.